The molecule has 2 aromatic carbocycles. The summed E-state index contributed by atoms with van der Waals surface area (Å²) in [5.74, 6) is 0.984. The number of hydrogen-bond donors (Lipinski definition) is 1. The monoisotopic (exact) mass is 388 g/mol. The van der Waals surface area contributed by atoms with E-state index in [1.807, 2.05) is 19.1 Å². The van der Waals surface area contributed by atoms with E-state index in [2.05, 4.69) is 54.4 Å². The van der Waals surface area contributed by atoms with Gasteiger partial charge in [0.25, 0.3) is 0 Å². The van der Waals surface area contributed by atoms with E-state index in [9.17, 15) is 4.79 Å². The van der Waals surface area contributed by atoms with Gasteiger partial charge in [-0.15, -0.1) is 0 Å². The molecule has 1 fully saturated rings. The summed E-state index contributed by atoms with van der Waals surface area (Å²) in [7, 11) is 0. The summed E-state index contributed by atoms with van der Waals surface area (Å²) in [6.07, 6.45) is 1.65. The van der Waals surface area contributed by atoms with Crippen LogP contribution in [0.25, 0.3) is 10.9 Å². The molecule has 0 atom stereocenters. The molecule has 0 bridgehead atoms. The van der Waals surface area contributed by atoms with E-state index in [1.54, 1.807) is 0 Å². The number of carbonyl (C=O) groups is 1. The summed E-state index contributed by atoms with van der Waals surface area (Å²) in [4.78, 5) is 24.4. The summed E-state index contributed by atoms with van der Waals surface area (Å²) in [6, 6.07) is 14.5. The van der Waals surface area contributed by atoms with Crippen molar-refractivity contribution in [2.75, 3.05) is 18.0 Å². The lowest BCUT2D eigenvalue weighted by Gasteiger charge is -2.31. The van der Waals surface area contributed by atoms with Crippen LogP contribution < -0.4 is 10.2 Å². The Morgan fingerprint density at radius 2 is 1.83 bits per heavy atom. The zero-order valence-corrected chi connectivity index (χ0v) is 17.4. The lowest BCUT2D eigenvalue weighted by molar-refractivity contribution is -0.125. The van der Waals surface area contributed by atoms with Gasteiger partial charge in [0.15, 0.2) is 0 Å². The van der Waals surface area contributed by atoms with Crippen LogP contribution in [0, 0.1) is 26.7 Å². The molecule has 0 radical (unpaired) electrons. The lowest BCUT2D eigenvalue weighted by Crippen LogP contribution is -2.41. The van der Waals surface area contributed by atoms with Gasteiger partial charge >= 0.3 is 0 Å². The van der Waals surface area contributed by atoms with Gasteiger partial charge in [0.1, 0.15) is 0 Å². The Balaban J connectivity index is 1.38. The topological polar surface area (TPSA) is 58.1 Å². The minimum absolute atomic E-state index is 0.0547. The van der Waals surface area contributed by atoms with Crippen molar-refractivity contribution in [3.05, 3.63) is 64.8 Å². The molecule has 2 heterocycles. The van der Waals surface area contributed by atoms with Gasteiger partial charge < -0.3 is 10.2 Å². The largest absolute Gasteiger partial charge is 0.352 e. The second-order valence-corrected chi connectivity index (χ2v) is 8.04. The van der Waals surface area contributed by atoms with Gasteiger partial charge in [-0.3, -0.25) is 4.79 Å². The highest BCUT2D eigenvalue weighted by Gasteiger charge is 2.26. The third kappa shape index (κ3) is 4.24. The first-order chi connectivity index (χ1) is 14.0. The number of piperidine rings is 1. The van der Waals surface area contributed by atoms with Crippen LogP contribution in [0.15, 0.2) is 42.5 Å². The van der Waals surface area contributed by atoms with Crippen LogP contribution in [-0.4, -0.2) is 29.0 Å². The van der Waals surface area contributed by atoms with Crippen molar-refractivity contribution in [3.63, 3.8) is 0 Å². The number of aromatic nitrogens is 2. The van der Waals surface area contributed by atoms with Gasteiger partial charge in [0.2, 0.25) is 11.9 Å². The molecule has 0 saturated carbocycles. The lowest BCUT2D eigenvalue weighted by atomic mass is 9.96. The molecule has 29 heavy (non-hydrogen) atoms. The summed E-state index contributed by atoms with van der Waals surface area (Å²) >= 11 is 0. The third-order valence-electron chi connectivity index (χ3n) is 5.89. The number of hydrogen-bond acceptors (Lipinski definition) is 4. The van der Waals surface area contributed by atoms with Gasteiger partial charge in [-0.25, -0.2) is 9.97 Å². The van der Waals surface area contributed by atoms with Crippen LogP contribution in [0.3, 0.4) is 0 Å². The van der Waals surface area contributed by atoms with Crippen molar-refractivity contribution in [2.45, 2.75) is 40.2 Å². The highest BCUT2D eigenvalue weighted by atomic mass is 16.1. The van der Waals surface area contributed by atoms with Gasteiger partial charge in [-0.2, -0.15) is 0 Å². The van der Waals surface area contributed by atoms with Crippen LogP contribution in [0.5, 0.6) is 0 Å². The predicted molar refractivity (Wildman–Crippen MR) is 117 cm³/mol. The number of aryl methyl sites for hydroxylation is 3. The molecule has 1 aliphatic rings. The van der Waals surface area contributed by atoms with E-state index < -0.39 is 0 Å². The highest BCUT2D eigenvalue weighted by Crippen LogP contribution is 2.24. The molecule has 5 nitrogen and oxygen atoms in total. The second kappa shape index (κ2) is 8.19. The highest BCUT2D eigenvalue weighted by molar-refractivity contribution is 5.82. The molecule has 1 aromatic heterocycles. The van der Waals surface area contributed by atoms with Crippen LogP contribution in [0.1, 0.15) is 35.2 Å². The number of anilines is 1. The maximum atomic E-state index is 12.6. The molecule has 150 valence electrons. The maximum absolute atomic E-state index is 12.6. The number of nitrogens with one attached hydrogen (secondary N) is 1. The van der Waals surface area contributed by atoms with Crippen molar-refractivity contribution in [2.24, 2.45) is 5.92 Å². The standard InChI is InChI=1S/C24H28N4O/c1-16-8-9-21-18(3)26-24(27-22(21)14-16)28-12-10-19(11-13-28)23(29)25-15-20-7-5-4-6-17(20)2/h4-9,14,19H,10-13,15H2,1-3H3,(H,25,29). The molecule has 1 amide bonds. The zero-order chi connectivity index (χ0) is 20.4. The molecule has 1 saturated heterocycles. The minimum atomic E-state index is 0.0547. The predicted octanol–water partition coefficient (Wildman–Crippen LogP) is 4.09. The summed E-state index contributed by atoms with van der Waals surface area (Å²) in [6.45, 7) is 8.40. The molecular weight excluding hydrogens is 360 g/mol. The molecular formula is C24H28N4O. The molecule has 5 heteroatoms. The van der Waals surface area contributed by atoms with Crippen molar-refractivity contribution in [1.82, 2.24) is 15.3 Å². The van der Waals surface area contributed by atoms with E-state index in [1.165, 1.54) is 16.7 Å². The quantitative estimate of drug-likeness (QED) is 0.731. The number of benzene rings is 2. The van der Waals surface area contributed by atoms with E-state index in [-0.39, 0.29) is 11.8 Å². The Morgan fingerprint density at radius 1 is 1.07 bits per heavy atom. The summed E-state index contributed by atoms with van der Waals surface area (Å²) < 4.78 is 0. The average molecular weight is 389 g/mol. The Kier molecular flexibility index (Phi) is 5.47. The third-order valence-corrected chi connectivity index (χ3v) is 5.89. The fraction of sp³-hybridized carbons (Fsp3) is 0.375. The van der Waals surface area contributed by atoms with E-state index >= 15 is 0 Å². The van der Waals surface area contributed by atoms with Crippen LogP contribution in [-0.2, 0) is 11.3 Å². The minimum Gasteiger partial charge on any atom is -0.352 e. The van der Waals surface area contributed by atoms with E-state index in [4.69, 9.17) is 9.97 Å². The van der Waals surface area contributed by atoms with Gasteiger partial charge in [0, 0.05) is 30.9 Å². The molecule has 4 rings (SSSR count). The first-order valence-corrected chi connectivity index (χ1v) is 10.3. The summed E-state index contributed by atoms with van der Waals surface area (Å²) in [5, 5.41) is 4.22. The Labute approximate surface area is 172 Å². The van der Waals surface area contributed by atoms with Crippen molar-refractivity contribution in [3.8, 4) is 0 Å². The number of rotatable bonds is 4. The maximum Gasteiger partial charge on any atom is 0.226 e. The molecule has 0 spiro atoms. The first-order valence-electron chi connectivity index (χ1n) is 10.3. The van der Waals surface area contributed by atoms with E-state index in [0.29, 0.717) is 6.54 Å². The first kappa shape index (κ1) is 19.4. The van der Waals surface area contributed by atoms with Crippen LogP contribution in [0.2, 0.25) is 0 Å². The zero-order valence-electron chi connectivity index (χ0n) is 17.4. The SMILES string of the molecule is Cc1ccc2c(C)nc(N3CCC(C(=O)NCc4ccccc4C)CC3)nc2c1. The molecule has 3 aromatic rings. The fourth-order valence-corrected chi connectivity index (χ4v) is 4.00. The van der Waals surface area contributed by atoms with Gasteiger partial charge in [-0.05, 0) is 56.4 Å². The average Bonchev–Trinajstić information content (AvgIpc) is 2.72. The van der Waals surface area contributed by atoms with Gasteiger partial charge in [0.05, 0.1) is 11.2 Å². The Hall–Kier alpha value is -2.95. The van der Waals surface area contributed by atoms with Crippen molar-refractivity contribution >= 4 is 22.8 Å². The molecule has 1 aliphatic heterocycles. The summed E-state index contributed by atoms with van der Waals surface area (Å²) in [5.41, 5.74) is 5.58. The normalized spacial score (nSPS) is 14.9. The molecule has 1 N–H and O–H groups in total. The van der Waals surface area contributed by atoms with Crippen molar-refractivity contribution in [1.29, 1.82) is 0 Å². The van der Waals surface area contributed by atoms with Gasteiger partial charge in [-0.1, -0.05) is 36.4 Å². The number of nitrogens with zero attached hydrogens (tertiary/aromatic N) is 3. The number of fused-ring (bicyclic) bond motifs is 1. The Bertz CT molecular complexity index is 1040. The second-order valence-electron chi connectivity index (χ2n) is 8.04. The van der Waals surface area contributed by atoms with Crippen LogP contribution >= 0.6 is 0 Å². The number of carbonyl (C=O) groups excluding carboxylic acids is 1. The fourth-order valence-electron chi connectivity index (χ4n) is 4.00. The molecule has 0 unspecified atom stereocenters. The molecule has 0 aliphatic carbocycles. The van der Waals surface area contributed by atoms with E-state index in [0.717, 1.165) is 48.5 Å². The Morgan fingerprint density at radius 3 is 2.59 bits per heavy atom. The smallest absolute Gasteiger partial charge is 0.226 e. The van der Waals surface area contributed by atoms with Crippen LogP contribution in [0.4, 0.5) is 5.95 Å². The number of amides is 1. The van der Waals surface area contributed by atoms with Crippen molar-refractivity contribution < 1.29 is 4.79 Å².